The predicted molar refractivity (Wildman–Crippen MR) is 70.3 cm³/mol. The molecule has 1 N–H and O–H groups in total. The SMILES string of the molecule is COCC1(C)CC(CN2CCN(C)CC2)CN1. The summed E-state index contributed by atoms with van der Waals surface area (Å²) < 4.78 is 5.30. The number of rotatable bonds is 4. The molecule has 4 heteroatoms. The van der Waals surface area contributed by atoms with E-state index in [0.717, 1.165) is 19.1 Å². The van der Waals surface area contributed by atoms with Crippen molar-refractivity contribution in [2.75, 3.05) is 60.0 Å². The van der Waals surface area contributed by atoms with Crippen LogP contribution in [0.2, 0.25) is 0 Å². The van der Waals surface area contributed by atoms with Crippen LogP contribution in [-0.2, 0) is 4.74 Å². The summed E-state index contributed by atoms with van der Waals surface area (Å²) in [7, 11) is 4.00. The Kier molecular flexibility index (Phi) is 4.42. The molecule has 0 saturated carbocycles. The standard InChI is InChI=1S/C13H27N3O/c1-13(11-17-3)8-12(9-14-13)10-16-6-4-15(2)5-7-16/h12,14H,4-11H2,1-3H3. The van der Waals surface area contributed by atoms with Gasteiger partial charge in [-0.2, -0.15) is 0 Å². The Morgan fingerprint density at radius 3 is 2.65 bits per heavy atom. The number of nitrogens with zero attached hydrogens (tertiary/aromatic N) is 2. The molecule has 17 heavy (non-hydrogen) atoms. The molecular weight excluding hydrogens is 214 g/mol. The zero-order chi connectivity index (χ0) is 12.3. The van der Waals surface area contributed by atoms with Crippen molar-refractivity contribution < 1.29 is 4.74 Å². The van der Waals surface area contributed by atoms with Gasteiger partial charge in [0, 0.05) is 45.4 Å². The molecule has 2 atom stereocenters. The first-order valence-corrected chi connectivity index (χ1v) is 6.76. The van der Waals surface area contributed by atoms with Crippen LogP contribution in [0.25, 0.3) is 0 Å². The van der Waals surface area contributed by atoms with E-state index in [9.17, 15) is 0 Å². The van der Waals surface area contributed by atoms with Gasteiger partial charge in [0.2, 0.25) is 0 Å². The van der Waals surface area contributed by atoms with Crippen molar-refractivity contribution >= 4 is 0 Å². The topological polar surface area (TPSA) is 27.7 Å². The quantitative estimate of drug-likeness (QED) is 0.763. The molecule has 2 unspecified atom stereocenters. The molecule has 0 aromatic rings. The van der Waals surface area contributed by atoms with Crippen LogP contribution in [0.4, 0.5) is 0 Å². The van der Waals surface area contributed by atoms with Gasteiger partial charge in [0.05, 0.1) is 6.61 Å². The largest absolute Gasteiger partial charge is 0.383 e. The van der Waals surface area contributed by atoms with Gasteiger partial charge in [-0.15, -0.1) is 0 Å². The highest BCUT2D eigenvalue weighted by atomic mass is 16.5. The van der Waals surface area contributed by atoms with Crippen molar-refractivity contribution in [1.82, 2.24) is 15.1 Å². The Labute approximate surface area is 105 Å². The molecule has 2 saturated heterocycles. The Balaban J connectivity index is 1.74. The first-order chi connectivity index (χ1) is 8.11. The molecule has 2 aliphatic heterocycles. The fourth-order valence-corrected chi connectivity index (χ4v) is 3.13. The van der Waals surface area contributed by atoms with Crippen LogP contribution < -0.4 is 5.32 Å². The van der Waals surface area contributed by atoms with Gasteiger partial charge < -0.3 is 19.9 Å². The van der Waals surface area contributed by atoms with Crippen molar-refractivity contribution in [3.8, 4) is 0 Å². The molecule has 2 heterocycles. The smallest absolute Gasteiger partial charge is 0.0641 e. The summed E-state index contributed by atoms with van der Waals surface area (Å²) in [4.78, 5) is 5.03. The maximum Gasteiger partial charge on any atom is 0.0641 e. The Hall–Kier alpha value is -0.160. The maximum absolute atomic E-state index is 5.30. The molecule has 100 valence electrons. The van der Waals surface area contributed by atoms with E-state index in [4.69, 9.17) is 4.74 Å². The number of nitrogens with one attached hydrogen (secondary N) is 1. The molecule has 0 aromatic heterocycles. The van der Waals surface area contributed by atoms with E-state index in [1.165, 1.54) is 39.1 Å². The van der Waals surface area contributed by atoms with Crippen LogP contribution in [0.1, 0.15) is 13.3 Å². The normalized spacial score (nSPS) is 36.5. The first-order valence-electron chi connectivity index (χ1n) is 6.76. The summed E-state index contributed by atoms with van der Waals surface area (Å²) in [6.07, 6.45) is 1.24. The molecule has 4 nitrogen and oxygen atoms in total. The lowest BCUT2D eigenvalue weighted by atomic mass is 9.95. The number of piperazine rings is 1. The third-order valence-electron chi connectivity index (χ3n) is 4.13. The van der Waals surface area contributed by atoms with Crippen molar-refractivity contribution in [3.63, 3.8) is 0 Å². The third-order valence-corrected chi connectivity index (χ3v) is 4.13. The Bertz CT molecular complexity index is 241. The van der Waals surface area contributed by atoms with E-state index in [1.54, 1.807) is 7.11 Å². The molecule has 0 amide bonds. The fraction of sp³-hybridized carbons (Fsp3) is 1.00. The summed E-state index contributed by atoms with van der Waals surface area (Å²) in [6.45, 7) is 10.4. The van der Waals surface area contributed by atoms with Crippen molar-refractivity contribution in [2.45, 2.75) is 18.9 Å². The van der Waals surface area contributed by atoms with Crippen LogP contribution in [0.3, 0.4) is 0 Å². The van der Waals surface area contributed by atoms with E-state index < -0.39 is 0 Å². The average molecular weight is 241 g/mol. The monoisotopic (exact) mass is 241 g/mol. The minimum absolute atomic E-state index is 0.200. The van der Waals surface area contributed by atoms with E-state index in [-0.39, 0.29) is 5.54 Å². The van der Waals surface area contributed by atoms with Gasteiger partial charge in [0.1, 0.15) is 0 Å². The second-order valence-corrected chi connectivity index (χ2v) is 6.05. The molecule has 0 radical (unpaired) electrons. The maximum atomic E-state index is 5.30. The van der Waals surface area contributed by atoms with Gasteiger partial charge in [-0.1, -0.05) is 0 Å². The molecule has 0 aromatic carbocycles. The Morgan fingerprint density at radius 2 is 2.00 bits per heavy atom. The summed E-state index contributed by atoms with van der Waals surface area (Å²) in [5, 5.41) is 3.62. The van der Waals surface area contributed by atoms with Crippen LogP contribution in [0.15, 0.2) is 0 Å². The molecular formula is C13H27N3O. The van der Waals surface area contributed by atoms with E-state index >= 15 is 0 Å². The van der Waals surface area contributed by atoms with Gasteiger partial charge in [-0.25, -0.2) is 0 Å². The summed E-state index contributed by atoms with van der Waals surface area (Å²) >= 11 is 0. The molecule has 0 aliphatic carbocycles. The summed E-state index contributed by atoms with van der Waals surface area (Å²) in [5.41, 5.74) is 0.200. The molecule has 2 fully saturated rings. The lowest BCUT2D eigenvalue weighted by Crippen LogP contribution is -2.46. The van der Waals surface area contributed by atoms with Crippen LogP contribution in [-0.4, -0.2) is 75.4 Å². The lowest BCUT2D eigenvalue weighted by Gasteiger charge is -2.34. The number of likely N-dealkylation sites (N-methyl/N-ethyl adjacent to an activating group) is 1. The van der Waals surface area contributed by atoms with Gasteiger partial charge in [-0.05, 0) is 32.9 Å². The number of hydrogen-bond acceptors (Lipinski definition) is 4. The molecule has 0 spiro atoms. The summed E-state index contributed by atoms with van der Waals surface area (Å²) in [5.74, 6) is 0.790. The Morgan fingerprint density at radius 1 is 1.29 bits per heavy atom. The van der Waals surface area contributed by atoms with Gasteiger partial charge in [-0.3, -0.25) is 0 Å². The highest BCUT2D eigenvalue weighted by molar-refractivity contribution is 4.94. The zero-order valence-electron chi connectivity index (χ0n) is 11.5. The first kappa shape index (κ1) is 13.3. The molecule has 0 bridgehead atoms. The molecule has 2 rings (SSSR count). The van der Waals surface area contributed by atoms with Gasteiger partial charge >= 0.3 is 0 Å². The third kappa shape index (κ3) is 3.65. The van der Waals surface area contributed by atoms with E-state index in [0.29, 0.717) is 0 Å². The highest BCUT2D eigenvalue weighted by Gasteiger charge is 2.35. The predicted octanol–water partition coefficient (Wildman–Crippen LogP) is 0.248. The minimum Gasteiger partial charge on any atom is -0.383 e. The number of ether oxygens (including phenoxy) is 1. The van der Waals surface area contributed by atoms with Crippen molar-refractivity contribution in [2.24, 2.45) is 5.92 Å². The van der Waals surface area contributed by atoms with Crippen molar-refractivity contribution in [3.05, 3.63) is 0 Å². The lowest BCUT2D eigenvalue weighted by molar-refractivity contribution is 0.119. The number of methoxy groups -OCH3 is 1. The van der Waals surface area contributed by atoms with Crippen molar-refractivity contribution in [1.29, 1.82) is 0 Å². The van der Waals surface area contributed by atoms with Crippen LogP contribution in [0.5, 0.6) is 0 Å². The fourth-order valence-electron chi connectivity index (χ4n) is 3.13. The van der Waals surface area contributed by atoms with Gasteiger partial charge in [0.25, 0.3) is 0 Å². The van der Waals surface area contributed by atoms with Gasteiger partial charge in [0.15, 0.2) is 0 Å². The van der Waals surface area contributed by atoms with E-state index in [2.05, 4.69) is 29.1 Å². The van der Waals surface area contributed by atoms with Crippen LogP contribution in [0, 0.1) is 5.92 Å². The summed E-state index contributed by atoms with van der Waals surface area (Å²) in [6, 6.07) is 0. The van der Waals surface area contributed by atoms with Crippen LogP contribution >= 0.6 is 0 Å². The average Bonchev–Trinajstić information content (AvgIpc) is 2.64. The second-order valence-electron chi connectivity index (χ2n) is 6.05. The molecule has 2 aliphatic rings. The highest BCUT2D eigenvalue weighted by Crippen LogP contribution is 2.25. The number of hydrogen-bond donors (Lipinski definition) is 1. The van der Waals surface area contributed by atoms with E-state index in [1.807, 2.05) is 0 Å². The minimum atomic E-state index is 0.200. The second kappa shape index (κ2) is 5.65. The zero-order valence-corrected chi connectivity index (χ0v) is 11.5.